The summed E-state index contributed by atoms with van der Waals surface area (Å²) < 4.78 is 6.19. The van der Waals surface area contributed by atoms with Crippen LogP contribution < -0.4 is 0 Å². The van der Waals surface area contributed by atoms with Crippen LogP contribution in [0.1, 0.15) is 56.1 Å². The fourth-order valence-corrected chi connectivity index (χ4v) is 4.75. The van der Waals surface area contributed by atoms with Crippen LogP contribution >= 0.6 is 0 Å². The zero-order chi connectivity index (χ0) is 16.6. The highest BCUT2D eigenvalue weighted by Gasteiger charge is 2.45. The average molecular weight is 329 g/mol. The Kier molecular flexibility index (Phi) is 4.13. The molecule has 1 amide bonds. The molecule has 0 aromatic heterocycles. The molecule has 0 bridgehead atoms. The molecule has 1 spiro atoms. The molecule has 130 valence electrons. The monoisotopic (exact) mass is 329 g/mol. The van der Waals surface area contributed by atoms with Crippen LogP contribution in [0.5, 0.6) is 0 Å². The highest BCUT2D eigenvalue weighted by molar-refractivity contribution is 5.77. The Labute approximate surface area is 143 Å². The summed E-state index contributed by atoms with van der Waals surface area (Å²) in [4.78, 5) is 14.8. The molecule has 4 rings (SSSR count). The van der Waals surface area contributed by atoms with E-state index < -0.39 is 5.60 Å². The summed E-state index contributed by atoms with van der Waals surface area (Å²) in [6, 6.07) is 8.44. The predicted molar refractivity (Wildman–Crippen MR) is 91.6 cm³/mol. The van der Waals surface area contributed by atoms with Gasteiger partial charge in [-0.1, -0.05) is 43.5 Å². The molecule has 1 saturated heterocycles. The maximum atomic E-state index is 12.8. The van der Waals surface area contributed by atoms with E-state index in [0.717, 1.165) is 38.5 Å². The van der Waals surface area contributed by atoms with E-state index in [2.05, 4.69) is 24.3 Å². The number of morpholine rings is 1. The SMILES string of the molecule is O=C(CC1(O)CCCCC1)N1CCOC2(CCc3ccccc32)C1. The third kappa shape index (κ3) is 2.86. The minimum atomic E-state index is -0.783. The maximum Gasteiger partial charge on any atom is 0.225 e. The lowest BCUT2D eigenvalue weighted by Gasteiger charge is -2.42. The maximum absolute atomic E-state index is 12.8. The van der Waals surface area contributed by atoms with Gasteiger partial charge in [-0.15, -0.1) is 0 Å². The van der Waals surface area contributed by atoms with Crippen molar-refractivity contribution < 1.29 is 14.6 Å². The normalized spacial score (nSPS) is 28.8. The summed E-state index contributed by atoms with van der Waals surface area (Å²) in [5, 5.41) is 10.7. The topological polar surface area (TPSA) is 49.8 Å². The first-order valence-electron chi connectivity index (χ1n) is 9.33. The number of fused-ring (bicyclic) bond motifs is 2. The summed E-state index contributed by atoms with van der Waals surface area (Å²) >= 11 is 0. The lowest BCUT2D eigenvalue weighted by Crippen LogP contribution is -2.52. The molecule has 1 N–H and O–H groups in total. The summed E-state index contributed by atoms with van der Waals surface area (Å²) in [5.41, 5.74) is 1.48. The first-order chi connectivity index (χ1) is 11.6. The molecular weight excluding hydrogens is 302 g/mol. The Hall–Kier alpha value is -1.39. The zero-order valence-electron chi connectivity index (χ0n) is 14.3. The van der Waals surface area contributed by atoms with Crippen LogP contribution in [0.25, 0.3) is 0 Å². The van der Waals surface area contributed by atoms with E-state index in [4.69, 9.17) is 4.74 Å². The Morgan fingerprint density at radius 2 is 1.96 bits per heavy atom. The van der Waals surface area contributed by atoms with Gasteiger partial charge in [0.2, 0.25) is 5.91 Å². The van der Waals surface area contributed by atoms with E-state index in [-0.39, 0.29) is 17.9 Å². The molecule has 1 aromatic rings. The van der Waals surface area contributed by atoms with Crippen molar-refractivity contribution in [1.29, 1.82) is 0 Å². The molecule has 1 aliphatic heterocycles. The van der Waals surface area contributed by atoms with Crippen molar-refractivity contribution in [2.75, 3.05) is 19.7 Å². The molecule has 4 nitrogen and oxygen atoms in total. The number of carbonyl (C=O) groups is 1. The largest absolute Gasteiger partial charge is 0.389 e. The fourth-order valence-electron chi connectivity index (χ4n) is 4.75. The second-order valence-corrected chi connectivity index (χ2v) is 7.78. The quantitative estimate of drug-likeness (QED) is 0.908. The van der Waals surface area contributed by atoms with Gasteiger partial charge < -0.3 is 14.7 Å². The predicted octanol–water partition coefficient (Wildman–Crippen LogP) is 2.77. The number of benzene rings is 1. The van der Waals surface area contributed by atoms with E-state index in [0.29, 0.717) is 19.7 Å². The molecular formula is C20H27NO3. The van der Waals surface area contributed by atoms with Crippen LogP contribution in [0.15, 0.2) is 24.3 Å². The average Bonchev–Trinajstić information content (AvgIpc) is 2.94. The first kappa shape index (κ1) is 16.1. The van der Waals surface area contributed by atoms with Crippen LogP contribution in [-0.4, -0.2) is 41.2 Å². The highest BCUT2D eigenvalue weighted by Crippen LogP contribution is 2.42. The van der Waals surface area contributed by atoms with E-state index in [9.17, 15) is 9.90 Å². The third-order valence-electron chi connectivity index (χ3n) is 6.11. The van der Waals surface area contributed by atoms with E-state index >= 15 is 0 Å². The van der Waals surface area contributed by atoms with Crippen molar-refractivity contribution in [3.63, 3.8) is 0 Å². The van der Waals surface area contributed by atoms with Crippen molar-refractivity contribution in [2.45, 2.75) is 62.6 Å². The second-order valence-electron chi connectivity index (χ2n) is 7.78. The van der Waals surface area contributed by atoms with E-state index in [1.54, 1.807) is 0 Å². The summed E-state index contributed by atoms with van der Waals surface area (Å²) in [7, 11) is 0. The summed E-state index contributed by atoms with van der Waals surface area (Å²) in [6.45, 7) is 1.84. The van der Waals surface area contributed by atoms with Crippen LogP contribution in [-0.2, 0) is 21.6 Å². The number of hydrogen-bond acceptors (Lipinski definition) is 3. The molecule has 24 heavy (non-hydrogen) atoms. The van der Waals surface area contributed by atoms with Crippen molar-refractivity contribution >= 4 is 5.91 Å². The molecule has 2 fully saturated rings. The molecule has 1 saturated carbocycles. The molecule has 1 heterocycles. The molecule has 2 aliphatic carbocycles. The Morgan fingerprint density at radius 3 is 2.79 bits per heavy atom. The van der Waals surface area contributed by atoms with Crippen molar-refractivity contribution in [2.24, 2.45) is 0 Å². The fraction of sp³-hybridized carbons (Fsp3) is 0.650. The van der Waals surface area contributed by atoms with E-state index in [1.807, 2.05) is 4.90 Å². The molecule has 1 atom stereocenters. The number of ether oxygens (including phenoxy) is 1. The summed E-state index contributed by atoms with van der Waals surface area (Å²) in [5.74, 6) is 0.0893. The Morgan fingerprint density at radius 1 is 1.17 bits per heavy atom. The standard InChI is InChI=1S/C20H27NO3/c22-18(14-19(23)9-4-1-5-10-19)21-12-13-24-20(15-21)11-8-16-6-2-3-7-17(16)20/h2-3,6-7,23H,1,4-5,8-15H2. The van der Waals surface area contributed by atoms with Crippen LogP contribution in [0.4, 0.5) is 0 Å². The van der Waals surface area contributed by atoms with Gasteiger partial charge in [0.25, 0.3) is 0 Å². The molecule has 1 unspecified atom stereocenters. The van der Waals surface area contributed by atoms with Crippen molar-refractivity contribution in [3.8, 4) is 0 Å². The van der Waals surface area contributed by atoms with Gasteiger partial charge in [0.1, 0.15) is 5.60 Å². The van der Waals surface area contributed by atoms with Crippen LogP contribution in [0.3, 0.4) is 0 Å². The van der Waals surface area contributed by atoms with Gasteiger partial charge in [0, 0.05) is 6.54 Å². The van der Waals surface area contributed by atoms with Gasteiger partial charge in [-0.3, -0.25) is 4.79 Å². The van der Waals surface area contributed by atoms with Crippen LogP contribution in [0, 0.1) is 0 Å². The van der Waals surface area contributed by atoms with Gasteiger partial charge in [0.15, 0.2) is 0 Å². The van der Waals surface area contributed by atoms with Gasteiger partial charge in [0.05, 0.1) is 25.2 Å². The number of nitrogens with zero attached hydrogens (tertiary/aromatic N) is 1. The van der Waals surface area contributed by atoms with Gasteiger partial charge in [-0.25, -0.2) is 0 Å². The van der Waals surface area contributed by atoms with E-state index in [1.165, 1.54) is 17.5 Å². The zero-order valence-corrected chi connectivity index (χ0v) is 14.3. The number of aliphatic hydroxyl groups is 1. The number of aryl methyl sites for hydroxylation is 1. The Balaban J connectivity index is 1.48. The number of carbonyl (C=O) groups excluding carboxylic acids is 1. The molecule has 1 aromatic carbocycles. The Bertz CT molecular complexity index is 619. The minimum Gasteiger partial charge on any atom is -0.389 e. The minimum absolute atomic E-state index is 0.0893. The lowest BCUT2D eigenvalue weighted by molar-refractivity contribution is -0.157. The van der Waals surface area contributed by atoms with Gasteiger partial charge in [-0.2, -0.15) is 0 Å². The van der Waals surface area contributed by atoms with Crippen molar-refractivity contribution in [3.05, 3.63) is 35.4 Å². The smallest absolute Gasteiger partial charge is 0.225 e. The summed E-state index contributed by atoms with van der Waals surface area (Å²) in [6.07, 6.45) is 6.99. The molecule has 3 aliphatic rings. The lowest BCUT2D eigenvalue weighted by atomic mass is 9.82. The molecule has 0 radical (unpaired) electrons. The third-order valence-corrected chi connectivity index (χ3v) is 6.11. The second kappa shape index (κ2) is 6.16. The number of hydrogen-bond donors (Lipinski definition) is 1. The number of rotatable bonds is 2. The van der Waals surface area contributed by atoms with Gasteiger partial charge in [-0.05, 0) is 36.8 Å². The molecule has 4 heteroatoms. The van der Waals surface area contributed by atoms with Crippen LogP contribution in [0.2, 0.25) is 0 Å². The highest BCUT2D eigenvalue weighted by atomic mass is 16.5. The first-order valence-corrected chi connectivity index (χ1v) is 9.33. The van der Waals surface area contributed by atoms with Crippen molar-refractivity contribution in [1.82, 2.24) is 4.90 Å². The number of amides is 1. The van der Waals surface area contributed by atoms with Gasteiger partial charge >= 0.3 is 0 Å².